The van der Waals surface area contributed by atoms with Gasteiger partial charge in [-0.2, -0.15) is 0 Å². The average molecular weight is 312 g/mol. The van der Waals surface area contributed by atoms with E-state index in [-0.39, 0.29) is 5.91 Å². The minimum absolute atomic E-state index is 0.181. The Bertz CT molecular complexity index is 592. The summed E-state index contributed by atoms with van der Waals surface area (Å²) in [5, 5.41) is 2.84. The van der Waals surface area contributed by atoms with Crippen LogP contribution >= 0.6 is 0 Å². The maximum atomic E-state index is 12.1. The molecule has 1 amide bonds. The fourth-order valence-corrected chi connectivity index (χ4v) is 2.38. The lowest BCUT2D eigenvalue weighted by molar-refractivity contribution is 0.0945. The van der Waals surface area contributed by atoms with E-state index in [9.17, 15) is 4.79 Å². The standard InChI is InChI=1S/C18H24N4O/c1-3-11-22(12-4-2)16-8-9-17(20-14-16)18(23)21-13-15-7-5-6-10-19-15/h5-10,14H,3-4,11-13H2,1-2H3,(H,21,23). The van der Waals surface area contributed by atoms with Crippen molar-refractivity contribution in [2.75, 3.05) is 18.0 Å². The molecule has 0 bridgehead atoms. The molecule has 0 unspecified atom stereocenters. The molecule has 0 fully saturated rings. The van der Waals surface area contributed by atoms with Gasteiger partial charge in [-0.05, 0) is 37.1 Å². The van der Waals surface area contributed by atoms with Crippen molar-refractivity contribution in [1.29, 1.82) is 0 Å². The number of hydrogen-bond donors (Lipinski definition) is 1. The quantitative estimate of drug-likeness (QED) is 0.814. The number of nitrogens with zero attached hydrogens (tertiary/aromatic N) is 3. The van der Waals surface area contributed by atoms with Gasteiger partial charge in [0.2, 0.25) is 0 Å². The molecule has 0 saturated carbocycles. The van der Waals surface area contributed by atoms with Gasteiger partial charge in [0.15, 0.2) is 0 Å². The van der Waals surface area contributed by atoms with Gasteiger partial charge in [0.25, 0.3) is 5.91 Å². The molecule has 0 aliphatic heterocycles. The second kappa shape index (κ2) is 8.88. The summed E-state index contributed by atoms with van der Waals surface area (Å²) >= 11 is 0. The Morgan fingerprint density at radius 1 is 1.09 bits per heavy atom. The lowest BCUT2D eigenvalue weighted by atomic mass is 10.2. The maximum Gasteiger partial charge on any atom is 0.270 e. The maximum absolute atomic E-state index is 12.1. The van der Waals surface area contributed by atoms with Crippen LogP contribution in [-0.4, -0.2) is 29.0 Å². The zero-order chi connectivity index (χ0) is 16.5. The van der Waals surface area contributed by atoms with Crippen molar-refractivity contribution >= 4 is 11.6 Å². The minimum Gasteiger partial charge on any atom is -0.370 e. The summed E-state index contributed by atoms with van der Waals surface area (Å²) in [5.74, 6) is -0.181. The molecule has 2 heterocycles. The fraction of sp³-hybridized carbons (Fsp3) is 0.389. The normalized spacial score (nSPS) is 10.3. The van der Waals surface area contributed by atoms with E-state index in [0.717, 1.165) is 37.3 Å². The summed E-state index contributed by atoms with van der Waals surface area (Å²) in [6.07, 6.45) is 5.67. The summed E-state index contributed by atoms with van der Waals surface area (Å²) in [6.45, 7) is 6.73. The monoisotopic (exact) mass is 312 g/mol. The SMILES string of the molecule is CCCN(CCC)c1ccc(C(=O)NCc2ccccn2)nc1. The van der Waals surface area contributed by atoms with Crippen molar-refractivity contribution in [2.24, 2.45) is 0 Å². The van der Waals surface area contributed by atoms with Crippen LogP contribution in [0.5, 0.6) is 0 Å². The highest BCUT2D eigenvalue weighted by molar-refractivity contribution is 5.92. The van der Waals surface area contributed by atoms with Crippen molar-refractivity contribution in [1.82, 2.24) is 15.3 Å². The summed E-state index contributed by atoms with van der Waals surface area (Å²) < 4.78 is 0. The van der Waals surface area contributed by atoms with Crippen LogP contribution in [0.1, 0.15) is 42.9 Å². The first kappa shape index (κ1) is 16.9. The van der Waals surface area contributed by atoms with Crippen LogP contribution in [0.4, 0.5) is 5.69 Å². The molecule has 0 aliphatic rings. The Morgan fingerprint density at radius 3 is 2.43 bits per heavy atom. The molecule has 0 spiro atoms. The molecule has 0 atom stereocenters. The molecule has 5 nitrogen and oxygen atoms in total. The Morgan fingerprint density at radius 2 is 1.87 bits per heavy atom. The van der Waals surface area contributed by atoms with Crippen LogP contribution in [0.15, 0.2) is 42.7 Å². The van der Waals surface area contributed by atoms with E-state index in [1.807, 2.05) is 24.3 Å². The van der Waals surface area contributed by atoms with E-state index < -0.39 is 0 Å². The van der Waals surface area contributed by atoms with Crippen LogP contribution in [0, 0.1) is 0 Å². The molecule has 0 aromatic carbocycles. The lowest BCUT2D eigenvalue weighted by Gasteiger charge is -2.23. The number of carbonyl (C=O) groups excluding carboxylic acids is 1. The predicted octanol–water partition coefficient (Wildman–Crippen LogP) is 3.03. The second-order valence-corrected chi connectivity index (χ2v) is 5.39. The third-order valence-corrected chi connectivity index (χ3v) is 3.49. The van der Waals surface area contributed by atoms with E-state index >= 15 is 0 Å². The van der Waals surface area contributed by atoms with Crippen LogP contribution in [-0.2, 0) is 6.54 Å². The third-order valence-electron chi connectivity index (χ3n) is 3.49. The third kappa shape index (κ3) is 5.06. The number of amides is 1. The average Bonchev–Trinajstić information content (AvgIpc) is 2.60. The molecule has 0 saturated heterocycles. The van der Waals surface area contributed by atoms with E-state index in [4.69, 9.17) is 0 Å². The molecule has 0 aliphatic carbocycles. The number of pyridine rings is 2. The number of carbonyl (C=O) groups is 1. The Kier molecular flexibility index (Phi) is 6.54. The number of nitrogens with one attached hydrogen (secondary N) is 1. The largest absolute Gasteiger partial charge is 0.370 e. The van der Waals surface area contributed by atoms with Gasteiger partial charge in [0.1, 0.15) is 5.69 Å². The molecule has 1 N–H and O–H groups in total. The zero-order valence-corrected chi connectivity index (χ0v) is 13.8. The van der Waals surface area contributed by atoms with Gasteiger partial charge < -0.3 is 10.2 Å². The minimum atomic E-state index is -0.181. The van der Waals surface area contributed by atoms with E-state index in [0.29, 0.717) is 12.2 Å². The molecule has 0 radical (unpaired) electrons. The smallest absolute Gasteiger partial charge is 0.270 e. The zero-order valence-electron chi connectivity index (χ0n) is 13.8. The second-order valence-electron chi connectivity index (χ2n) is 5.39. The van der Waals surface area contributed by atoms with Gasteiger partial charge >= 0.3 is 0 Å². The summed E-state index contributed by atoms with van der Waals surface area (Å²) in [4.78, 5) is 22.9. The summed E-state index contributed by atoms with van der Waals surface area (Å²) in [5.41, 5.74) is 2.32. The summed E-state index contributed by atoms with van der Waals surface area (Å²) in [7, 11) is 0. The van der Waals surface area contributed by atoms with Crippen molar-refractivity contribution < 1.29 is 4.79 Å². The Balaban J connectivity index is 1.96. The lowest BCUT2D eigenvalue weighted by Crippen LogP contribution is -2.26. The predicted molar refractivity (Wildman–Crippen MR) is 92.4 cm³/mol. The van der Waals surface area contributed by atoms with Gasteiger partial charge in [0.05, 0.1) is 24.1 Å². The molecule has 5 heteroatoms. The van der Waals surface area contributed by atoms with E-state index in [1.54, 1.807) is 18.5 Å². The van der Waals surface area contributed by atoms with Crippen LogP contribution < -0.4 is 10.2 Å². The van der Waals surface area contributed by atoms with Crippen molar-refractivity contribution in [3.63, 3.8) is 0 Å². The molecule has 23 heavy (non-hydrogen) atoms. The first-order valence-electron chi connectivity index (χ1n) is 8.13. The van der Waals surface area contributed by atoms with Crippen molar-refractivity contribution in [3.8, 4) is 0 Å². The highest BCUT2D eigenvalue weighted by Crippen LogP contribution is 2.14. The van der Waals surface area contributed by atoms with E-state index in [2.05, 4.69) is 34.0 Å². The molecule has 2 aromatic heterocycles. The molecular weight excluding hydrogens is 288 g/mol. The molecule has 2 aromatic rings. The van der Waals surface area contributed by atoms with Gasteiger partial charge in [-0.25, -0.2) is 4.98 Å². The topological polar surface area (TPSA) is 58.1 Å². The number of hydrogen-bond acceptors (Lipinski definition) is 4. The number of anilines is 1. The van der Waals surface area contributed by atoms with Gasteiger partial charge in [-0.3, -0.25) is 9.78 Å². The first-order valence-corrected chi connectivity index (χ1v) is 8.13. The fourth-order valence-electron chi connectivity index (χ4n) is 2.38. The van der Waals surface area contributed by atoms with Gasteiger partial charge in [0, 0.05) is 19.3 Å². The van der Waals surface area contributed by atoms with Crippen LogP contribution in [0.2, 0.25) is 0 Å². The van der Waals surface area contributed by atoms with Gasteiger partial charge in [-0.15, -0.1) is 0 Å². The Labute approximate surface area is 137 Å². The van der Waals surface area contributed by atoms with Gasteiger partial charge in [-0.1, -0.05) is 19.9 Å². The van der Waals surface area contributed by atoms with E-state index in [1.165, 1.54) is 0 Å². The number of aromatic nitrogens is 2. The molecular formula is C18H24N4O. The molecule has 2 rings (SSSR count). The summed E-state index contributed by atoms with van der Waals surface area (Å²) in [6, 6.07) is 9.38. The van der Waals surface area contributed by atoms with Crippen LogP contribution in [0.25, 0.3) is 0 Å². The highest BCUT2D eigenvalue weighted by Gasteiger charge is 2.09. The van der Waals surface area contributed by atoms with Crippen molar-refractivity contribution in [2.45, 2.75) is 33.2 Å². The molecule has 122 valence electrons. The van der Waals surface area contributed by atoms with Crippen molar-refractivity contribution in [3.05, 3.63) is 54.1 Å². The number of rotatable bonds is 8. The Hall–Kier alpha value is -2.43. The highest BCUT2D eigenvalue weighted by atomic mass is 16.1. The van der Waals surface area contributed by atoms with Crippen LogP contribution in [0.3, 0.4) is 0 Å². The first-order chi connectivity index (χ1) is 11.2.